The molecule has 0 aliphatic rings. The van der Waals surface area contributed by atoms with E-state index in [1.165, 1.54) is 11.3 Å². The molecule has 3 nitrogen and oxygen atoms in total. The van der Waals surface area contributed by atoms with Crippen LogP contribution in [0.3, 0.4) is 0 Å². The second kappa shape index (κ2) is 4.21. The quantitative estimate of drug-likeness (QED) is 0.626. The fraction of sp³-hybridized carbons (Fsp3) is 0.0714. The Morgan fingerprint density at radius 2 is 2.17 bits per heavy atom. The first-order chi connectivity index (χ1) is 8.79. The number of hydrogen-bond donors (Lipinski definition) is 0. The van der Waals surface area contributed by atoms with Crippen LogP contribution in [0.1, 0.15) is 5.56 Å². The predicted molar refractivity (Wildman–Crippen MR) is 72.7 cm³/mol. The summed E-state index contributed by atoms with van der Waals surface area (Å²) in [6.07, 6.45) is 2.01. The molecule has 18 heavy (non-hydrogen) atoms. The van der Waals surface area contributed by atoms with Gasteiger partial charge in [-0.3, -0.25) is 4.79 Å². The summed E-state index contributed by atoms with van der Waals surface area (Å²) >= 11 is 1.50. The molecule has 0 fully saturated rings. The first-order valence-corrected chi connectivity index (χ1v) is 6.28. The van der Waals surface area contributed by atoms with Crippen molar-refractivity contribution in [3.8, 4) is 6.07 Å². The van der Waals surface area contributed by atoms with Crippen molar-refractivity contribution in [2.24, 2.45) is 0 Å². The molecule has 2 aromatic heterocycles. The molecule has 4 heteroatoms. The van der Waals surface area contributed by atoms with Crippen molar-refractivity contribution in [3.63, 3.8) is 0 Å². The highest BCUT2D eigenvalue weighted by Gasteiger charge is 2.06. The first-order valence-electron chi connectivity index (χ1n) is 5.47. The van der Waals surface area contributed by atoms with Crippen LogP contribution in [0.5, 0.6) is 0 Å². The van der Waals surface area contributed by atoms with Gasteiger partial charge in [-0.2, -0.15) is 5.26 Å². The zero-order chi connectivity index (χ0) is 12.5. The van der Waals surface area contributed by atoms with Crippen LogP contribution >= 0.6 is 11.3 Å². The lowest BCUT2D eigenvalue weighted by atomic mass is 10.1. The van der Waals surface area contributed by atoms with E-state index >= 15 is 0 Å². The maximum atomic E-state index is 12.3. The van der Waals surface area contributed by atoms with Crippen molar-refractivity contribution in [3.05, 3.63) is 52.3 Å². The van der Waals surface area contributed by atoms with Crippen LogP contribution in [-0.2, 0) is 6.42 Å². The number of nitriles is 1. The monoisotopic (exact) mass is 252 g/mol. The summed E-state index contributed by atoms with van der Waals surface area (Å²) in [4.78, 5) is 17.3. The second-order valence-corrected chi connectivity index (χ2v) is 4.98. The van der Waals surface area contributed by atoms with E-state index in [2.05, 4.69) is 11.1 Å². The molecule has 3 rings (SSSR count). The van der Waals surface area contributed by atoms with Crippen LogP contribution < -0.4 is 5.43 Å². The summed E-state index contributed by atoms with van der Waals surface area (Å²) in [6.45, 7) is 0. The van der Waals surface area contributed by atoms with E-state index in [1.807, 2.05) is 18.2 Å². The number of nitrogens with zero attached hydrogens (tertiary/aromatic N) is 2. The maximum absolute atomic E-state index is 12.3. The topological polar surface area (TPSA) is 53.8 Å². The number of fused-ring (bicyclic) bond motifs is 2. The highest BCUT2D eigenvalue weighted by atomic mass is 32.1. The molecule has 0 amide bonds. The van der Waals surface area contributed by atoms with E-state index in [0.717, 1.165) is 15.1 Å². The van der Waals surface area contributed by atoms with Crippen LogP contribution in [0.2, 0.25) is 0 Å². The third kappa shape index (κ3) is 1.66. The van der Waals surface area contributed by atoms with Crippen molar-refractivity contribution in [2.45, 2.75) is 6.42 Å². The number of rotatable bonds is 1. The van der Waals surface area contributed by atoms with E-state index in [-0.39, 0.29) is 5.43 Å². The molecule has 86 valence electrons. The van der Waals surface area contributed by atoms with Gasteiger partial charge in [-0.05, 0) is 29.8 Å². The lowest BCUT2D eigenvalue weighted by Crippen LogP contribution is -2.02. The van der Waals surface area contributed by atoms with Gasteiger partial charge < -0.3 is 0 Å². The van der Waals surface area contributed by atoms with Crippen molar-refractivity contribution in [1.82, 2.24) is 4.98 Å². The minimum Gasteiger partial charge on any atom is -0.288 e. The molecule has 1 aromatic carbocycles. The van der Waals surface area contributed by atoms with Gasteiger partial charge in [-0.1, -0.05) is 6.07 Å². The van der Waals surface area contributed by atoms with Gasteiger partial charge >= 0.3 is 0 Å². The average Bonchev–Trinajstić information content (AvgIpc) is 2.40. The molecule has 0 saturated heterocycles. The van der Waals surface area contributed by atoms with E-state index < -0.39 is 0 Å². The van der Waals surface area contributed by atoms with Gasteiger partial charge in [0.05, 0.1) is 17.9 Å². The summed E-state index contributed by atoms with van der Waals surface area (Å²) < 4.78 is 0.910. The fourth-order valence-electron chi connectivity index (χ4n) is 1.94. The molecule has 2 heterocycles. The zero-order valence-corrected chi connectivity index (χ0v) is 10.2. The fourth-order valence-corrected chi connectivity index (χ4v) is 2.93. The molecule has 0 unspecified atom stereocenters. The summed E-state index contributed by atoms with van der Waals surface area (Å²) in [5.41, 5.74) is 0.865. The smallest absolute Gasteiger partial charge is 0.197 e. The van der Waals surface area contributed by atoms with Gasteiger partial charge in [0.2, 0.25) is 0 Å². The Kier molecular flexibility index (Phi) is 2.54. The van der Waals surface area contributed by atoms with Crippen molar-refractivity contribution < 1.29 is 0 Å². The summed E-state index contributed by atoms with van der Waals surface area (Å²) in [5, 5.41) is 10.0. The molecular formula is C14H8N2OS. The van der Waals surface area contributed by atoms with Crippen LogP contribution in [-0.4, -0.2) is 4.98 Å². The molecule has 0 aliphatic carbocycles. The normalized spacial score (nSPS) is 10.6. The Morgan fingerprint density at radius 1 is 1.28 bits per heavy atom. The van der Waals surface area contributed by atoms with Gasteiger partial charge in [0.15, 0.2) is 5.43 Å². The Labute approximate surface area is 107 Å². The molecule has 3 aromatic rings. The molecule has 0 aliphatic heterocycles. The summed E-state index contributed by atoms with van der Waals surface area (Å²) in [5.74, 6) is 0. The molecule has 0 atom stereocenters. The standard InChI is InChI=1S/C14H8N2OS/c15-6-5-9-3-4-12-11(8-9)13(17)10-2-1-7-16-14(10)18-12/h1-4,7-8H,5H2. The highest BCUT2D eigenvalue weighted by Crippen LogP contribution is 2.23. The molecule has 0 spiro atoms. The van der Waals surface area contributed by atoms with Crippen molar-refractivity contribution in [2.75, 3.05) is 0 Å². The number of pyridine rings is 1. The van der Waals surface area contributed by atoms with E-state index in [0.29, 0.717) is 17.2 Å². The summed E-state index contributed by atoms with van der Waals surface area (Å²) in [7, 11) is 0. The number of benzene rings is 1. The Bertz CT molecular complexity index is 846. The zero-order valence-electron chi connectivity index (χ0n) is 9.38. The lowest BCUT2D eigenvalue weighted by molar-refractivity contribution is 1.27. The van der Waals surface area contributed by atoms with E-state index in [1.54, 1.807) is 18.3 Å². The van der Waals surface area contributed by atoms with Gasteiger partial charge in [-0.15, -0.1) is 11.3 Å². The Morgan fingerprint density at radius 3 is 3.00 bits per heavy atom. The van der Waals surface area contributed by atoms with Crippen LogP contribution in [0.15, 0.2) is 41.3 Å². The van der Waals surface area contributed by atoms with Crippen molar-refractivity contribution in [1.29, 1.82) is 5.26 Å². The number of aromatic nitrogens is 1. The average molecular weight is 252 g/mol. The molecular weight excluding hydrogens is 244 g/mol. The van der Waals surface area contributed by atoms with Gasteiger partial charge in [-0.25, -0.2) is 4.98 Å². The van der Waals surface area contributed by atoms with E-state index in [9.17, 15) is 4.79 Å². The largest absolute Gasteiger partial charge is 0.288 e. The van der Waals surface area contributed by atoms with E-state index in [4.69, 9.17) is 5.26 Å². The predicted octanol–water partition coefficient (Wildman–Crippen LogP) is 2.88. The third-order valence-corrected chi connectivity index (χ3v) is 3.89. The highest BCUT2D eigenvalue weighted by molar-refractivity contribution is 7.24. The van der Waals surface area contributed by atoms with Gasteiger partial charge in [0, 0.05) is 16.3 Å². The molecule has 0 radical (unpaired) electrons. The molecule has 0 saturated carbocycles. The second-order valence-electron chi connectivity index (χ2n) is 3.95. The SMILES string of the molecule is N#CCc1ccc2sc3ncccc3c(=O)c2c1. The minimum atomic E-state index is -0.00774. The lowest BCUT2D eigenvalue weighted by Gasteiger charge is -2.01. The van der Waals surface area contributed by atoms with Crippen LogP contribution in [0.4, 0.5) is 0 Å². The van der Waals surface area contributed by atoms with Gasteiger partial charge in [0.25, 0.3) is 0 Å². The Balaban J connectivity index is 2.42. The number of hydrogen-bond acceptors (Lipinski definition) is 4. The minimum absolute atomic E-state index is 0.00774. The molecule has 0 N–H and O–H groups in total. The molecule has 0 bridgehead atoms. The van der Waals surface area contributed by atoms with Crippen LogP contribution in [0, 0.1) is 11.3 Å². The van der Waals surface area contributed by atoms with Crippen LogP contribution in [0.25, 0.3) is 20.3 Å². The van der Waals surface area contributed by atoms with Crippen molar-refractivity contribution >= 4 is 31.6 Å². The van der Waals surface area contributed by atoms with Gasteiger partial charge in [0.1, 0.15) is 4.83 Å². The maximum Gasteiger partial charge on any atom is 0.197 e. The Hall–Kier alpha value is -2.25. The third-order valence-electron chi connectivity index (χ3n) is 2.79. The summed E-state index contributed by atoms with van der Waals surface area (Å²) in [6, 6.07) is 11.2. The first kappa shape index (κ1) is 10.9.